The third-order valence-corrected chi connectivity index (χ3v) is 4.49. The molecule has 0 saturated carbocycles. The first-order valence-electron chi connectivity index (χ1n) is 9.05. The average molecular weight is 358 g/mol. The van der Waals surface area contributed by atoms with Crippen LogP contribution in [0.15, 0.2) is 24.3 Å². The quantitative estimate of drug-likeness (QED) is 0.729. The predicted molar refractivity (Wildman–Crippen MR) is 97.3 cm³/mol. The van der Waals surface area contributed by atoms with Crippen LogP contribution in [0.3, 0.4) is 0 Å². The summed E-state index contributed by atoms with van der Waals surface area (Å²) in [4.78, 5) is 15.8. The first-order valence-corrected chi connectivity index (χ1v) is 9.05. The van der Waals surface area contributed by atoms with Gasteiger partial charge in [-0.1, -0.05) is 18.2 Å². The number of nitrogens with zero attached hydrogens (tertiary/aromatic N) is 3. The van der Waals surface area contributed by atoms with Crippen molar-refractivity contribution in [1.29, 1.82) is 0 Å². The van der Waals surface area contributed by atoms with Gasteiger partial charge in [-0.25, -0.2) is 9.67 Å². The summed E-state index contributed by atoms with van der Waals surface area (Å²) in [6.45, 7) is 3.61. The number of para-hydroxylation sites is 1. The summed E-state index contributed by atoms with van der Waals surface area (Å²) in [6.07, 6.45) is 3.19. The number of aromatic nitrogens is 3. The zero-order chi connectivity index (χ0) is 18.4. The number of methoxy groups -OCH3 is 1. The highest BCUT2D eigenvalue weighted by Crippen LogP contribution is 2.23. The van der Waals surface area contributed by atoms with Crippen LogP contribution < -0.4 is 10.1 Å². The molecule has 1 aromatic carbocycles. The predicted octanol–water partition coefficient (Wildman–Crippen LogP) is 1.91. The number of carbonyl (C=O) groups is 1. The Balaban J connectivity index is 1.75. The molecule has 1 atom stereocenters. The van der Waals surface area contributed by atoms with Crippen molar-refractivity contribution in [1.82, 2.24) is 20.1 Å². The summed E-state index contributed by atoms with van der Waals surface area (Å²) >= 11 is 0. The van der Waals surface area contributed by atoms with E-state index in [1.165, 1.54) is 6.92 Å². The molecule has 0 radical (unpaired) electrons. The molecule has 3 rings (SSSR count). The van der Waals surface area contributed by atoms with Crippen LogP contribution in [0, 0.1) is 0 Å². The van der Waals surface area contributed by atoms with Gasteiger partial charge in [0.25, 0.3) is 0 Å². The van der Waals surface area contributed by atoms with Gasteiger partial charge in [0.1, 0.15) is 11.6 Å². The highest BCUT2D eigenvalue weighted by Gasteiger charge is 2.23. The fourth-order valence-corrected chi connectivity index (χ4v) is 3.19. The zero-order valence-corrected chi connectivity index (χ0v) is 15.4. The highest BCUT2D eigenvalue weighted by atomic mass is 16.5. The molecule has 0 aliphatic carbocycles. The van der Waals surface area contributed by atoms with Gasteiger partial charge in [-0.3, -0.25) is 4.79 Å². The fourth-order valence-electron chi connectivity index (χ4n) is 3.19. The van der Waals surface area contributed by atoms with E-state index in [1.54, 1.807) is 7.11 Å². The number of carbonyl (C=O) groups excluding carboxylic acids is 1. The number of hydrogen-bond acceptors (Lipinski definition) is 5. The number of hydrogen-bond donors (Lipinski definition) is 1. The summed E-state index contributed by atoms with van der Waals surface area (Å²) in [7, 11) is 1.67. The molecule has 7 nitrogen and oxygen atoms in total. The molecule has 140 valence electrons. The van der Waals surface area contributed by atoms with E-state index in [9.17, 15) is 4.79 Å². The molecular weight excluding hydrogens is 332 g/mol. The van der Waals surface area contributed by atoms with Crippen molar-refractivity contribution in [3.8, 4) is 5.75 Å². The average Bonchev–Trinajstić information content (AvgIpc) is 3.28. The van der Waals surface area contributed by atoms with E-state index in [1.807, 2.05) is 28.9 Å². The van der Waals surface area contributed by atoms with Crippen LogP contribution in [-0.4, -0.2) is 47.5 Å². The van der Waals surface area contributed by atoms with Crippen LogP contribution in [0.5, 0.6) is 5.75 Å². The molecule has 1 fully saturated rings. The minimum Gasteiger partial charge on any atom is -0.496 e. The fraction of sp³-hybridized carbons (Fsp3) is 0.526. The van der Waals surface area contributed by atoms with Crippen molar-refractivity contribution in [2.45, 2.75) is 38.6 Å². The second-order valence-corrected chi connectivity index (χ2v) is 6.48. The van der Waals surface area contributed by atoms with Gasteiger partial charge in [-0.15, -0.1) is 0 Å². The van der Waals surface area contributed by atoms with Crippen molar-refractivity contribution in [2.24, 2.45) is 0 Å². The summed E-state index contributed by atoms with van der Waals surface area (Å²) in [6, 6.07) is 8.18. The van der Waals surface area contributed by atoms with Gasteiger partial charge in [0, 0.05) is 38.5 Å². The Morgan fingerprint density at radius 1 is 1.42 bits per heavy atom. The number of ether oxygens (including phenoxy) is 2. The van der Waals surface area contributed by atoms with Crippen molar-refractivity contribution in [3.05, 3.63) is 41.5 Å². The van der Waals surface area contributed by atoms with Gasteiger partial charge in [0.15, 0.2) is 5.82 Å². The van der Waals surface area contributed by atoms with Crippen LogP contribution in [-0.2, 0) is 22.4 Å². The van der Waals surface area contributed by atoms with Crippen molar-refractivity contribution in [3.63, 3.8) is 0 Å². The molecule has 1 N–H and O–H groups in total. The summed E-state index contributed by atoms with van der Waals surface area (Å²) in [5.74, 6) is 2.58. The van der Waals surface area contributed by atoms with E-state index >= 15 is 0 Å². The molecule has 1 aromatic heterocycles. The van der Waals surface area contributed by atoms with Gasteiger partial charge >= 0.3 is 0 Å². The van der Waals surface area contributed by atoms with Gasteiger partial charge in [-0.05, 0) is 18.9 Å². The molecule has 2 heterocycles. The van der Waals surface area contributed by atoms with Gasteiger partial charge in [0.2, 0.25) is 5.91 Å². The molecule has 1 saturated heterocycles. The standard InChI is InChI=1S/C19H26N4O3/c1-14(24)20-10-5-8-19-21-18(22-23(19)16-9-11-26-13-16)12-15-6-3-4-7-17(15)25-2/h3-4,6-7,16H,5,8-13H2,1-2H3,(H,20,24). The summed E-state index contributed by atoms with van der Waals surface area (Å²) in [5.41, 5.74) is 1.07. The van der Waals surface area contributed by atoms with Gasteiger partial charge in [-0.2, -0.15) is 5.10 Å². The lowest BCUT2D eigenvalue weighted by Gasteiger charge is -2.11. The largest absolute Gasteiger partial charge is 0.496 e. The highest BCUT2D eigenvalue weighted by molar-refractivity contribution is 5.72. The normalized spacial score (nSPS) is 16.6. The lowest BCUT2D eigenvalue weighted by molar-refractivity contribution is -0.118. The molecule has 0 bridgehead atoms. The smallest absolute Gasteiger partial charge is 0.216 e. The van der Waals surface area contributed by atoms with E-state index in [4.69, 9.17) is 19.6 Å². The SMILES string of the molecule is COc1ccccc1Cc1nc(CCCNC(C)=O)n(C2CCOC2)n1. The topological polar surface area (TPSA) is 78.3 Å². The monoisotopic (exact) mass is 358 g/mol. The van der Waals surface area contributed by atoms with Crippen molar-refractivity contribution < 1.29 is 14.3 Å². The molecule has 1 aliphatic heterocycles. The molecule has 2 aromatic rings. The molecule has 7 heteroatoms. The van der Waals surface area contributed by atoms with Crippen LogP contribution in [0.25, 0.3) is 0 Å². The molecule has 0 spiro atoms. The Morgan fingerprint density at radius 2 is 2.27 bits per heavy atom. The summed E-state index contributed by atoms with van der Waals surface area (Å²) in [5, 5.41) is 7.59. The first-order chi connectivity index (χ1) is 12.7. The Labute approximate surface area is 153 Å². The number of amides is 1. The Bertz CT molecular complexity index is 738. The van der Waals surface area contributed by atoms with E-state index in [0.717, 1.165) is 48.8 Å². The maximum atomic E-state index is 11.0. The third-order valence-electron chi connectivity index (χ3n) is 4.49. The van der Waals surface area contributed by atoms with Crippen LogP contribution >= 0.6 is 0 Å². The number of rotatable bonds is 8. The lowest BCUT2D eigenvalue weighted by Crippen LogP contribution is -2.22. The zero-order valence-electron chi connectivity index (χ0n) is 15.4. The van der Waals surface area contributed by atoms with E-state index in [-0.39, 0.29) is 11.9 Å². The minimum absolute atomic E-state index is 0.00692. The second kappa shape index (κ2) is 8.80. The van der Waals surface area contributed by atoms with E-state index < -0.39 is 0 Å². The Morgan fingerprint density at radius 3 is 3.00 bits per heavy atom. The van der Waals surface area contributed by atoms with Gasteiger partial charge in [0.05, 0.1) is 19.8 Å². The summed E-state index contributed by atoms with van der Waals surface area (Å²) < 4.78 is 13.0. The van der Waals surface area contributed by atoms with Crippen LogP contribution in [0.2, 0.25) is 0 Å². The number of nitrogens with one attached hydrogen (secondary N) is 1. The first kappa shape index (κ1) is 18.4. The Kier molecular flexibility index (Phi) is 6.22. The van der Waals surface area contributed by atoms with Crippen LogP contribution in [0.4, 0.5) is 0 Å². The lowest BCUT2D eigenvalue weighted by atomic mass is 10.1. The van der Waals surface area contributed by atoms with Crippen molar-refractivity contribution >= 4 is 5.91 Å². The minimum atomic E-state index is -0.00692. The Hall–Kier alpha value is -2.41. The molecule has 26 heavy (non-hydrogen) atoms. The van der Waals surface area contributed by atoms with Crippen LogP contribution in [0.1, 0.15) is 43.0 Å². The van der Waals surface area contributed by atoms with Crippen molar-refractivity contribution in [2.75, 3.05) is 26.9 Å². The molecular formula is C19H26N4O3. The number of aryl methyl sites for hydroxylation is 1. The second-order valence-electron chi connectivity index (χ2n) is 6.48. The third kappa shape index (κ3) is 4.60. The maximum Gasteiger partial charge on any atom is 0.216 e. The molecule has 1 aliphatic rings. The molecule has 1 unspecified atom stereocenters. The van der Waals surface area contributed by atoms with Gasteiger partial charge < -0.3 is 14.8 Å². The maximum absolute atomic E-state index is 11.0. The molecule has 1 amide bonds. The number of benzene rings is 1. The van der Waals surface area contributed by atoms with E-state index in [2.05, 4.69) is 5.32 Å². The van der Waals surface area contributed by atoms with E-state index in [0.29, 0.717) is 19.6 Å².